The Hall–Kier alpha value is -1.56. The maximum Gasteiger partial charge on any atom is -0.0162 e. The summed E-state index contributed by atoms with van der Waals surface area (Å²) >= 11 is 0. The zero-order chi connectivity index (χ0) is 13.8. The second-order valence-corrected chi connectivity index (χ2v) is 6.11. The third-order valence-corrected chi connectivity index (χ3v) is 4.91. The molecule has 1 aliphatic carbocycles. The van der Waals surface area contributed by atoms with E-state index in [1.165, 1.54) is 43.2 Å². The Labute approximate surface area is 122 Å². The lowest BCUT2D eigenvalue weighted by Gasteiger charge is -2.28. The molecule has 0 N–H and O–H groups in total. The van der Waals surface area contributed by atoms with E-state index in [0.717, 1.165) is 11.8 Å². The molecule has 0 unspecified atom stereocenters. The van der Waals surface area contributed by atoms with Crippen molar-refractivity contribution in [3.05, 3.63) is 60.2 Å². The van der Waals surface area contributed by atoms with Crippen LogP contribution in [0.5, 0.6) is 0 Å². The Balaban J connectivity index is 1.71. The van der Waals surface area contributed by atoms with Crippen LogP contribution in [0.1, 0.15) is 50.5 Å². The molecule has 3 rings (SSSR count). The molecule has 0 bridgehead atoms. The molecule has 1 aliphatic rings. The second-order valence-electron chi connectivity index (χ2n) is 6.11. The Bertz CT molecular complexity index is 516. The molecule has 0 aliphatic heterocycles. The number of hydrogen-bond acceptors (Lipinski definition) is 0. The molecule has 0 aromatic heterocycles. The van der Waals surface area contributed by atoms with Crippen molar-refractivity contribution in [3.8, 4) is 11.1 Å². The summed E-state index contributed by atoms with van der Waals surface area (Å²) < 4.78 is 0. The van der Waals surface area contributed by atoms with Crippen LogP contribution in [-0.2, 0) is 0 Å². The molecule has 20 heavy (non-hydrogen) atoms. The Kier molecular flexibility index (Phi) is 4.20. The van der Waals surface area contributed by atoms with Crippen molar-refractivity contribution in [2.75, 3.05) is 0 Å². The quantitative estimate of drug-likeness (QED) is 0.634. The van der Waals surface area contributed by atoms with E-state index in [9.17, 15) is 0 Å². The summed E-state index contributed by atoms with van der Waals surface area (Å²) in [5.74, 6) is 1.78. The topological polar surface area (TPSA) is 0 Å². The van der Waals surface area contributed by atoms with Crippen molar-refractivity contribution in [3.63, 3.8) is 0 Å². The van der Waals surface area contributed by atoms with Gasteiger partial charge in [-0.25, -0.2) is 0 Å². The number of benzene rings is 2. The maximum atomic E-state index is 2.35. The summed E-state index contributed by atoms with van der Waals surface area (Å²) in [5.41, 5.74) is 4.18. The highest BCUT2D eigenvalue weighted by Crippen LogP contribution is 2.37. The summed E-state index contributed by atoms with van der Waals surface area (Å²) in [7, 11) is 0. The zero-order valence-electron chi connectivity index (χ0n) is 12.4. The zero-order valence-corrected chi connectivity index (χ0v) is 12.4. The van der Waals surface area contributed by atoms with E-state index < -0.39 is 0 Å². The molecule has 104 valence electrons. The van der Waals surface area contributed by atoms with Crippen molar-refractivity contribution < 1.29 is 0 Å². The van der Waals surface area contributed by atoms with E-state index in [-0.39, 0.29) is 0 Å². The van der Waals surface area contributed by atoms with Crippen molar-refractivity contribution in [2.45, 2.75) is 44.9 Å². The van der Waals surface area contributed by atoms with Crippen LogP contribution in [0.4, 0.5) is 0 Å². The van der Waals surface area contributed by atoms with E-state index in [1.54, 1.807) is 5.56 Å². The van der Waals surface area contributed by atoms with Crippen molar-refractivity contribution in [2.24, 2.45) is 5.92 Å². The van der Waals surface area contributed by atoms with Gasteiger partial charge in [0, 0.05) is 0 Å². The fourth-order valence-corrected chi connectivity index (χ4v) is 3.48. The largest absolute Gasteiger partial charge is 0.0651 e. The molecule has 0 saturated heterocycles. The minimum atomic E-state index is 0.794. The molecule has 0 atom stereocenters. The van der Waals surface area contributed by atoms with Crippen LogP contribution in [0.2, 0.25) is 0 Å². The Morgan fingerprint density at radius 3 is 1.95 bits per heavy atom. The van der Waals surface area contributed by atoms with E-state index >= 15 is 0 Å². The summed E-state index contributed by atoms with van der Waals surface area (Å²) in [6, 6.07) is 19.9. The van der Waals surface area contributed by atoms with Gasteiger partial charge >= 0.3 is 0 Å². The molecule has 1 fully saturated rings. The Morgan fingerprint density at radius 1 is 0.750 bits per heavy atom. The fourth-order valence-electron chi connectivity index (χ4n) is 3.48. The first-order valence-corrected chi connectivity index (χ1v) is 8.02. The van der Waals surface area contributed by atoms with Crippen LogP contribution < -0.4 is 0 Å². The van der Waals surface area contributed by atoms with Crippen LogP contribution in [0, 0.1) is 5.92 Å². The number of hydrogen-bond donors (Lipinski definition) is 0. The van der Waals surface area contributed by atoms with Gasteiger partial charge in [-0.2, -0.15) is 0 Å². The van der Waals surface area contributed by atoms with E-state index in [1.807, 2.05) is 0 Å². The van der Waals surface area contributed by atoms with Crippen LogP contribution in [0.15, 0.2) is 54.6 Å². The molecule has 0 nitrogen and oxygen atoms in total. The lowest BCUT2D eigenvalue weighted by Crippen LogP contribution is -2.12. The molecule has 0 heteroatoms. The minimum Gasteiger partial charge on any atom is -0.0651 e. The van der Waals surface area contributed by atoms with Gasteiger partial charge in [-0.15, -0.1) is 0 Å². The Morgan fingerprint density at radius 2 is 1.35 bits per heavy atom. The summed E-state index contributed by atoms with van der Waals surface area (Å²) in [6.07, 6.45) is 6.95. The molecule has 0 heterocycles. The molecule has 0 spiro atoms. The van der Waals surface area contributed by atoms with Gasteiger partial charge in [-0.1, -0.05) is 67.9 Å². The summed E-state index contributed by atoms with van der Waals surface area (Å²) in [6.45, 7) is 2.33. The van der Waals surface area contributed by atoms with Crippen LogP contribution in [0.3, 0.4) is 0 Å². The van der Waals surface area contributed by atoms with E-state index in [4.69, 9.17) is 0 Å². The smallest absolute Gasteiger partial charge is 0.0162 e. The highest BCUT2D eigenvalue weighted by Gasteiger charge is 2.20. The van der Waals surface area contributed by atoms with Gasteiger partial charge in [0.25, 0.3) is 0 Å². The lowest BCUT2D eigenvalue weighted by atomic mass is 9.77. The summed E-state index contributed by atoms with van der Waals surface area (Å²) in [5, 5.41) is 0. The maximum absolute atomic E-state index is 2.35. The van der Waals surface area contributed by atoms with Crippen molar-refractivity contribution in [1.82, 2.24) is 0 Å². The van der Waals surface area contributed by atoms with E-state index in [2.05, 4.69) is 61.5 Å². The predicted molar refractivity (Wildman–Crippen MR) is 86.9 cm³/mol. The first kappa shape index (κ1) is 13.4. The van der Waals surface area contributed by atoms with Gasteiger partial charge in [0.1, 0.15) is 0 Å². The van der Waals surface area contributed by atoms with Crippen LogP contribution >= 0.6 is 0 Å². The van der Waals surface area contributed by atoms with E-state index in [0.29, 0.717) is 0 Å². The lowest BCUT2D eigenvalue weighted by molar-refractivity contribution is 0.319. The molecule has 0 radical (unpaired) electrons. The SMILES string of the molecule is CCC1CCC(c2ccc(-c3ccccc3)cc2)CC1. The van der Waals surface area contributed by atoms with Gasteiger partial charge in [-0.3, -0.25) is 0 Å². The first-order valence-electron chi connectivity index (χ1n) is 8.02. The average Bonchev–Trinajstić information content (AvgIpc) is 2.56. The van der Waals surface area contributed by atoms with Crippen molar-refractivity contribution >= 4 is 0 Å². The first-order chi connectivity index (χ1) is 9.86. The third kappa shape index (κ3) is 2.95. The molecule has 2 aromatic rings. The average molecular weight is 264 g/mol. The van der Waals surface area contributed by atoms with Gasteiger partial charge < -0.3 is 0 Å². The molecule has 2 aromatic carbocycles. The van der Waals surface area contributed by atoms with Crippen molar-refractivity contribution in [1.29, 1.82) is 0 Å². The fraction of sp³-hybridized carbons (Fsp3) is 0.400. The highest BCUT2D eigenvalue weighted by atomic mass is 14.3. The number of rotatable bonds is 3. The molecular weight excluding hydrogens is 240 g/mol. The van der Waals surface area contributed by atoms with Gasteiger partial charge in [-0.05, 0) is 54.2 Å². The van der Waals surface area contributed by atoms with Gasteiger partial charge in [0.05, 0.1) is 0 Å². The minimum absolute atomic E-state index is 0.794. The highest BCUT2D eigenvalue weighted by molar-refractivity contribution is 5.63. The monoisotopic (exact) mass is 264 g/mol. The standard InChI is InChI=1S/C20H24/c1-2-16-8-10-18(11-9-16)20-14-12-19(13-15-20)17-6-4-3-5-7-17/h3-7,12-16,18H,2,8-11H2,1H3. The van der Waals surface area contributed by atoms with Crippen LogP contribution in [0.25, 0.3) is 11.1 Å². The second kappa shape index (κ2) is 6.26. The van der Waals surface area contributed by atoms with Crippen LogP contribution in [-0.4, -0.2) is 0 Å². The molecule has 0 amide bonds. The van der Waals surface area contributed by atoms with Gasteiger partial charge in [0.2, 0.25) is 0 Å². The molecule has 1 saturated carbocycles. The molecular formula is C20H24. The predicted octanol–water partition coefficient (Wildman–Crippen LogP) is 6.04. The third-order valence-electron chi connectivity index (χ3n) is 4.91. The normalized spacial score (nSPS) is 22.6. The summed E-state index contributed by atoms with van der Waals surface area (Å²) in [4.78, 5) is 0. The van der Waals surface area contributed by atoms with Gasteiger partial charge in [0.15, 0.2) is 0 Å².